The summed E-state index contributed by atoms with van der Waals surface area (Å²) in [5, 5.41) is 0. The van der Waals surface area contributed by atoms with Crippen molar-refractivity contribution in [1.82, 2.24) is 4.90 Å². The molecule has 0 aromatic heterocycles. The lowest BCUT2D eigenvalue weighted by atomic mass is 9.81. The van der Waals surface area contributed by atoms with E-state index in [-0.39, 0.29) is 6.79 Å². The summed E-state index contributed by atoms with van der Waals surface area (Å²) >= 11 is 19.9. The number of allylic oxidation sites excluding steroid dienone is 1. The van der Waals surface area contributed by atoms with E-state index in [9.17, 15) is 0 Å². The topological polar surface area (TPSA) is 40.2 Å². The first kappa shape index (κ1) is 20.9. The van der Waals surface area contributed by atoms with Crippen LogP contribution in [-0.4, -0.2) is 36.2 Å². The van der Waals surface area contributed by atoms with Crippen LogP contribution in [0.4, 0.5) is 0 Å². The number of halogens is 3. The number of hydrogen-bond donors (Lipinski definition) is 0. The minimum absolute atomic E-state index is 0.234. The molecule has 0 amide bonds. The molecule has 0 radical (unpaired) electrons. The summed E-state index contributed by atoms with van der Waals surface area (Å²) < 4.78 is 21.0. The van der Waals surface area contributed by atoms with Crippen molar-refractivity contribution < 1.29 is 18.9 Å². The Morgan fingerprint density at radius 2 is 1.81 bits per heavy atom. The standard InChI is InChI=1S/C23H22Cl3NO4/c1-4-13-14-5-6-16(28-2)21(29-3)19(14)22(23(24,25)26)27-8-7-12-9-17-18(31-11-30-17)10-15(12)20(13)27/h5-6,9-10,22H,4,7-8,11H2,1-3H3/t22-/m0/s1. The highest BCUT2D eigenvalue weighted by Gasteiger charge is 2.48. The molecule has 164 valence electrons. The average molecular weight is 483 g/mol. The third-order valence-electron chi connectivity index (χ3n) is 6.21. The van der Waals surface area contributed by atoms with Gasteiger partial charge in [-0.1, -0.05) is 47.8 Å². The normalized spacial score (nSPS) is 19.0. The summed E-state index contributed by atoms with van der Waals surface area (Å²) in [4.78, 5) is 2.20. The van der Waals surface area contributed by atoms with Crippen molar-refractivity contribution in [2.24, 2.45) is 0 Å². The Labute approximate surface area is 196 Å². The molecule has 0 spiro atoms. The van der Waals surface area contributed by atoms with Crippen LogP contribution in [-0.2, 0) is 6.42 Å². The third-order valence-corrected chi connectivity index (χ3v) is 6.83. The van der Waals surface area contributed by atoms with Gasteiger partial charge in [0, 0.05) is 23.4 Å². The Morgan fingerprint density at radius 1 is 1.06 bits per heavy atom. The first-order chi connectivity index (χ1) is 14.9. The van der Waals surface area contributed by atoms with Crippen LogP contribution in [0.1, 0.15) is 41.6 Å². The largest absolute Gasteiger partial charge is 0.493 e. The lowest BCUT2D eigenvalue weighted by molar-refractivity contribution is 0.174. The van der Waals surface area contributed by atoms with Crippen LogP contribution in [0.3, 0.4) is 0 Å². The van der Waals surface area contributed by atoms with Crippen LogP contribution in [0.15, 0.2) is 24.3 Å². The van der Waals surface area contributed by atoms with Gasteiger partial charge in [-0.05, 0) is 47.7 Å². The zero-order chi connectivity index (χ0) is 21.9. The van der Waals surface area contributed by atoms with Crippen molar-refractivity contribution in [2.45, 2.75) is 29.6 Å². The van der Waals surface area contributed by atoms with Gasteiger partial charge in [0.25, 0.3) is 0 Å². The number of nitrogens with zero attached hydrogens (tertiary/aromatic N) is 1. The highest BCUT2D eigenvalue weighted by Crippen LogP contribution is 2.58. The van der Waals surface area contributed by atoms with E-state index in [2.05, 4.69) is 24.0 Å². The lowest BCUT2D eigenvalue weighted by Gasteiger charge is -2.47. The first-order valence-electron chi connectivity index (χ1n) is 10.1. The summed E-state index contributed by atoms with van der Waals surface area (Å²) in [6.07, 6.45) is 1.60. The molecule has 0 bridgehead atoms. The highest BCUT2D eigenvalue weighted by atomic mass is 35.6. The van der Waals surface area contributed by atoms with Crippen molar-refractivity contribution >= 4 is 46.1 Å². The molecule has 3 heterocycles. The molecular weight excluding hydrogens is 461 g/mol. The summed E-state index contributed by atoms with van der Waals surface area (Å²) in [6.45, 7) is 3.07. The zero-order valence-electron chi connectivity index (χ0n) is 17.4. The molecule has 0 saturated heterocycles. The highest BCUT2D eigenvalue weighted by molar-refractivity contribution is 6.68. The fourth-order valence-corrected chi connectivity index (χ4v) is 5.66. The maximum atomic E-state index is 6.62. The molecule has 1 atom stereocenters. The fraction of sp³-hybridized carbons (Fsp3) is 0.391. The fourth-order valence-electron chi connectivity index (χ4n) is 4.98. The Kier molecular flexibility index (Phi) is 5.11. The van der Waals surface area contributed by atoms with Gasteiger partial charge in [0.15, 0.2) is 23.0 Å². The zero-order valence-corrected chi connectivity index (χ0v) is 19.7. The molecular formula is C23H22Cl3NO4. The molecule has 0 unspecified atom stereocenters. The molecule has 5 nitrogen and oxygen atoms in total. The van der Waals surface area contributed by atoms with Gasteiger partial charge in [-0.15, -0.1) is 0 Å². The molecule has 5 rings (SSSR count). The van der Waals surface area contributed by atoms with Gasteiger partial charge in [-0.25, -0.2) is 0 Å². The SMILES string of the molecule is CCC1=C2c3cc4c(cc3CCN2[C@H](C(Cl)(Cl)Cl)c2c1ccc(OC)c2OC)OCO4. The lowest BCUT2D eigenvalue weighted by Crippen LogP contribution is -2.42. The van der Waals surface area contributed by atoms with Gasteiger partial charge in [-0.3, -0.25) is 0 Å². The predicted molar refractivity (Wildman–Crippen MR) is 123 cm³/mol. The predicted octanol–water partition coefficient (Wildman–Crippen LogP) is 5.99. The average Bonchev–Trinajstić information content (AvgIpc) is 3.21. The quantitative estimate of drug-likeness (QED) is 0.502. The van der Waals surface area contributed by atoms with Gasteiger partial charge in [0.2, 0.25) is 10.6 Å². The maximum Gasteiger partial charge on any atom is 0.231 e. The van der Waals surface area contributed by atoms with Crippen molar-refractivity contribution in [3.05, 3.63) is 46.5 Å². The Morgan fingerprint density at radius 3 is 2.45 bits per heavy atom. The van der Waals surface area contributed by atoms with Crippen LogP contribution >= 0.6 is 34.8 Å². The molecule has 2 aromatic carbocycles. The van der Waals surface area contributed by atoms with E-state index < -0.39 is 9.83 Å². The van der Waals surface area contributed by atoms with E-state index in [0.29, 0.717) is 18.0 Å². The van der Waals surface area contributed by atoms with Crippen LogP contribution in [0, 0.1) is 0 Å². The summed E-state index contributed by atoms with van der Waals surface area (Å²) in [7, 11) is 3.23. The smallest absolute Gasteiger partial charge is 0.231 e. The second-order valence-corrected chi connectivity index (χ2v) is 10.1. The van der Waals surface area contributed by atoms with Crippen molar-refractivity contribution in [1.29, 1.82) is 0 Å². The molecule has 0 saturated carbocycles. The van der Waals surface area contributed by atoms with E-state index in [1.165, 1.54) is 11.1 Å². The van der Waals surface area contributed by atoms with Crippen LogP contribution in [0.25, 0.3) is 11.3 Å². The number of ether oxygens (including phenoxy) is 4. The molecule has 31 heavy (non-hydrogen) atoms. The van der Waals surface area contributed by atoms with Gasteiger partial charge in [-0.2, -0.15) is 0 Å². The second-order valence-electron chi connectivity index (χ2n) is 7.69. The number of methoxy groups -OCH3 is 2. The van der Waals surface area contributed by atoms with E-state index in [1.54, 1.807) is 14.2 Å². The maximum absolute atomic E-state index is 6.62. The van der Waals surface area contributed by atoms with E-state index in [4.69, 9.17) is 53.8 Å². The van der Waals surface area contributed by atoms with Crippen LogP contribution < -0.4 is 18.9 Å². The number of rotatable bonds is 3. The molecule has 3 aliphatic rings. The van der Waals surface area contributed by atoms with Crippen molar-refractivity contribution in [2.75, 3.05) is 27.6 Å². The van der Waals surface area contributed by atoms with Gasteiger partial charge in [0.1, 0.15) is 6.04 Å². The van der Waals surface area contributed by atoms with E-state index in [0.717, 1.165) is 46.7 Å². The van der Waals surface area contributed by atoms with Crippen LogP contribution in [0.2, 0.25) is 0 Å². The number of alkyl halides is 3. The summed E-state index contributed by atoms with van der Waals surface area (Å²) in [6, 6.07) is 7.52. The molecule has 8 heteroatoms. The monoisotopic (exact) mass is 481 g/mol. The number of fused-ring (bicyclic) bond motifs is 5. The van der Waals surface area contributed by atoms with Crippen molar-refractivity contribution in [3.8, 4) is 23.0 Å². The Balaban J connectivity index is 1.84. The van der Waals surface area contributed by atoms with Crippen molar-refractivity contribution in [3.63, 3.8) is 0 Å². The Bertz CT molecular complexity index is 1090. The van der Waals surface area contributed by atoms with Gasteiger partial charge in [0.05, 0.1) is 14.2 Å². The third kappa shape index (κ3) is 3.12. The van der Waals surface area contributed by atoms with E-state index in [1.807, 2.05) is 12.1 Å². The molecule has 0 aliphatic carbocycles. The van der Waals surface area contributed by atoms with Gasteiger partial charge < -0.3 is 23.8 Å². The minimum Gasteiger partial charge on any atom is -0.493 e. The number of hydrogen-bond acceptors (Lipinski definition) is 5. The second kappa shape index (κ2) is 7.58. The van der Waals surface area contributed by atoms with Crippen LogP contribution in [0.5, 0.6) is 23.0 Å². The number of benzene rings is 2. The van der Waals surface area contributed by atoms with Gasteiger partial charge >= 0.3 is 0 Å². The molecule has 2 aromatic rings. The Hall–Kier alpha value is -1.95. The minimum atomic E-state index is -1.59. The summed E-state index contributed by atoms with van der Waals surface area (Å²) in [5.74, 6) is 2.73. The molecule has 0 fully saturated rings. The van der Waals surface area contributed by atoms with E-state index >= 15 is 0 Å². The summed E-state index contributed by atoms with van der Waals surface area (Å²) in [5.41, 5.74) is 6.37. The molecule has 0 N–H and O–H groups in total. The first-order valence-corrected chi connectivity index (χ1v) is 11.3. The molecule has 3 aliphatic heterocycles.